The molecule has 0 radical (unpaired) electrons. The summed E-state index contributed by atoms with van der Waals surface area (Å²) >= 11 is 5.63. The first-order valence-electron chi connectivity index (χ1n) is 4.28. The van der Waals surface area contributed by atoms with Crippen LogP contribution in [0, 0.1) is 0 Å². The van der Waals surface area contributed by atoms with Gasteiger partial charge in [0, 0.05) is 28.9 Å². The predicted molar refractivity (Wildman–Crippen MR) is 55.5 cm³/mol. The lowest BCUT2D eigenvalue weighted by Gasteiger charge is -2.07. The van der Waals surface area contributed by atoms with E-state index in [-0.39, 0.29) is 5.25 Å². The molecule has 0 fully saturated rings. The van der Waals surface area contributed by atoms with E-state index in [0.29, 0.717) is 18.2 Å². The van der Waals surface area contributed by atoms with Crippen molar-refractivity contribution in [2.24, 2.45) is 0 Å². The Morgan fingerprint density at radius 1 is 1.64 bits per heavy atom. The number of tetrazole rings is 1. The Balaban J connectivity index is 2.49. The van der Waals surface area contributed by atoms with Gasteiger partial charge in [0.1, 0.15) is 0 Å². The Hall–Kier alpha value is -0.490. The van der Waals surface area contributed by atoms with E-state index in [1.165, 1.54) is 0 Å². The second-order valence-electron chi connectivity index (χ2n) is 3.05. The molecule has 7 heteroatoms. The van der Waals surface area contributed by atoms with Gasteiger partial charge in [0.2, 0.25) is 0 Å². The Kier molecular flexibility index (Phi) is 4.47. The van der Waals surface area contributed by atoms with Crippen LogP contribution in [0.3, 0.4) is 0 Å². The highest BCUT2D eigenvalue weighted by Crippen LogP contribution is 2.04. The maximum atomic E-state index is 11.1. The van der Waals surface area contributed by atoms with Crippen LogP contribution in [0.1, 0.15) is 19.2 Å². The van der Waals surface area contributed by atoms with Crippen LogP contribution in [0.2, 0.25) is 0 Å². The van der Waals surface area contributed by atoms with E-state index in [2.05, 4.69) is 15.5 Å². The van der Waals surface area contributed by atoms with Crippen molar-refractivity contribution in [3.63, 3.8) is 0 Å². The quantitative estimate of drug-likeness (QED) is 0.702. The van der Waals surface area contributed by atoms with Crippen molar-refractivity contribution in [2.75, 3.05) is 6.26 Å². The zero-order chi connectivity index (χ0) is 10.6. The van der Waals surface area contributed by atoms with Gasteiger partial charge < -0.3 is 0 Å². The fraction of sp³-hybridized carbons (Fsp3) is 0.857. The first-order chi connectivity index (χ1) is 6.65. The summed E-state index contributed by atoms with van der Waals surface area (Å²) in [6.45, 7) is 2.61. The molecule has 0 aliphatic rings. The molecule has 1 aromatic heterocycles. The molecule has 14 heavy (non-hydrogen) atoms. The van der Waals surface area contributed by atoms with Gasteiger partial charge in [0.25, 0.3) is 0 Å². The summed E-state index contributed by atoms with van der Waals surface area (Å²) in [5, 5.41) is 11.2. The minimum Gasteiger partial charge on any atom is -0.260 e. The highest BCUT2D eigenvalue weighted by Gasteiger charge is 2.09. The van der Waals surface area contributed by atoms with Gasteiger partial charge in [-0.15, -0.1) is 16.7 Å². The number of nitrogens with zero attached hydrogens (tertiary/aromatic N) is 4. The molecule has 0 saturated carbocycles. The molecule has 0 bridgehead atoms. The molecule has 80 valence electrons. The van der Waals surface area contributed by atoms with Crippen LogP contribution < -0.4 is 0 Å². The summed E-state index contributed by atoms with van der Waals surface area (Å²) in [7, 11) is -0.795. The van der Waals surface area contributed by atoms with E-state index in [0.717, 1.165) is 6.42 Å². The van der Waals surface area contributed by atoms with Crippen LogP contribution in [0.25, 0.3) is 0 Å². The van der Waals surface area contributed by atoms with E-state index >= 15 is 0 Å². The SMILES string of the molecule is CC(CCn1nnnc1CCl)S(C)=O. The molecular formula is C7H13ClN4OS. The molecule has 2 unspecified atom stereocenters. The summed E-state index contributed by atoms with van der Waals surface area (Å²) < 4.78 is 12.7. The first-order valence-corrected chi connectivity index (χ1v) is 6.44. The topological polar surface area (TPSA) is 60.7 Å². The molecule has 1 aromatic rings. The molecule has 0 aromatic carbocycles. The molecule has 0 aliphatic heterocycles. The van der Waals surface area contributed by atoms with Crippen molar-refractivity contribution >= 4 is 22.4 Å². The maximum absolute atomic E-state index is 11.1. The number of rotatable bonds is 5. The third-order valence-electron chi connectivity index (χ3n) is 2.04. The molecule has 1 heterocycles. The maximum Gasteiger partial charge on any atom is 0.165 e. The van der Waals surface area contributed by atoms with E-state index < -0.39 is 10.8 Å². The standard InChI is InChI=1S/C7H13ClN4OS/c1-6(14(2)13)3-4-12-7(5-8)9-10-11-12/h6H,3-5H2,1-2H3. The number of halogens is 1. The minimum atomic E-state index is -0.795. The normalized spacial score (nSPS) is 15.4. The Bertz CT molecular complexity index is 316. The van der Waals surface area contributed by atoms with Gasteiger partial charge in [-0.3, -0.25) is 4.21 Å². The Morgan fingerprint density at radius 3 is 2.93 bits per heavy atom. The van der Waals surface area contributed by atoms with Crippen LogP contribution in [0.5, 0.6) is 0 Å². The zero-order valence-corrected chi connectivity index (χ0v) is 9.75. The lowest BCUT2D eigenvalue weighted by atomic mass is 10.3. The van der Waals surface area contributed by atoms with Crippen molar-refractivity contribution in [3.8, 4) is 0 Å². The lowest BCUT2D eigenvalue weighted by molar-refractivity contribution is 0.539. The molecule has 2 atom stereocenters. The summed E-state index contributed by atoms with van der Waals surface area (Å²) in [5.41, 5.74) is 0. The van der Waals surface area contributed by atoms with Gasteiger partial charge >= 0.3 is 0 Å². The van der Waals surface area contributed by atoms with Gasteiger partial charge in [0.05, 0.1) is 5.88 Å². The molecular weight excluding hydrogens is 224 g/mol. The molecule has 5 nitrogen and oxygen atoms in total. The number of aromatic nitrogens is 4. The average Bonchev–Trinajstić information content (AvgIpc) is 2.60. The van der Waals surface area contributed by atoms with E-state index in [1.807, 2.05) is 6.92 Å². The number of hydrogen-bond acceptors (Lipinski definition) is 4. The van der Waals surface area contributed by atoms with Crippen LogP contribution in [-0.4, -0.2) is 35.9 Å². The minimum absolute atomic E-state index is 0.155. The summed E-state index contributed by atoms with van der Waals surface area (Å²) in [4.78, 5) is 0. The highest BCUT2D eigenvalue weighted by molar-refractivity contribution is 7.84. The van der Waals surface area contributed by atoms with Gasteiger partial charge in [-0.25, -0.2) is 4.68 Å². The first kappa shape index (κ1) is 11.6. The molecule has 1 rings (SSSR count). The predicted octanol–water partition coefficient (Wildman–Crippen LogP) is 0.569. The Morgan fingerprint density at radius 2 is 2.36 bits per heavy atom. The summed E-state index contributed by atoms with van der Waals surface area (Å²) in [6.07, 6.45) is 2.49. The average molecular weight is 237 g/mol. The number of hydrogen-bond donors (Lipinski definition) is 0. The van der Waals surface area contributed by atoms with Gasteiger partial charge in [-0.1, -0.05) is 6.92 Å². The van der Waals surface area contributed by atoms with Crippen LogP contribution in [-0.2, 0) is 23.2 Å². The van der Waals surface area contributed by atoms with Crippen molar-refractivity contribution < 1.29 is 4.21 Å². The summed E-state index contributed by atoms with van der Waals surface area (Å²) in [6, 6.07) is 0. The smallest absolute Gasteiger partial charge is 0.165 e. The van der Waals surface area contributed by atoms with Crippen LogP contribution >= 0.6 is 11.6 Å². The Labute approximate surface area is 90.3 Å². The summed E-state index contributed by atoms with van der Waals surface area (Å²) in [5.74, 6) is 0.956. The molecule has 0 aliphatic carbocycles. The molecule has 0 saturated heterocycles. The molecule has 0 amide bonds. The fourth-order valence-electron chi connectivity index (χ4n) is 0.963. The lowest BCUT2D eigenvalue weighted by Crippen LogP contribution is -2.14. The third-order valence-corrected chi connectivity index (χ3v) is 3.65. The number of alkyl halides is 1. The second kappa shape index (κ2) is 5.41. The van der Waals surface area contributed by atoms with E-state index in [9.17, 15) is 4.21 Å². The van der Waals surface area contributed by atoms with Crippen molar-refractivity contribution in [1.29, 1.82) is 0 Å². The molecule has 0 spiro atoms. The van der Waals surface area contributed by atoms with Crippen LogP contribution in [0.4, 0.5) is 0 Å². The number of aryl methyl sites for hydroxylation is 1. The van der Waals surface area contributed by atoms with E-state index in [1.54, 1.807) is 10.9 Å². The largest absolute Gasteiger partial charge is 0.260 e. The zero-order valence-electron chi connectivity index (χ0n) is 8.18. The van der Waals surface area contributed by atoms with E-state index in [4.69, 9.17) is 11.6 Å². The van der Waals surface area contributed by atoms with Crippen LogP contribution in [0.15, 0.2) is 0 Å². The molecule has 0 N–H and O–H groups in total. The van der Waals surface area contributed by atoms with Gasteiger partial charge in [0.15, 0.2) is 5.82 Å². The van der Waals surface area contributed by atoms with Crippen molar-refractivity contribution in [2.45, 2.75) is 31.0 Å². The third kappa shape index (κ3) is 3.02. The second-order valence-corrected chi connectivity index (χ2v) is 5.12. The highest BCUT2D eigenvalue weighted by atomic mass is 35.5. The monoisotopic (exact) mass is 236 g/mol. The van der Waals surface area contributed by atoms with Gasteiger partial charge in [-0.2, -0.15) is 0 Å². The fourth-order valence-corrected chi connectivity index (χ4v) is 1.59. The van der Waals surface area contributed by atoms with Gasteiger partial charge in [-0.05, 0) is 16.8 Å². The van der Waals surface area contributed by atoms with Crippen molar-refractivity contribution in [1.82, 2.24) is 20.2 Å². The van der Waals surface area contributed by atoms with Crippen molar-refractivity contribution in [3.05, 3.63) is 5.82 Å².